The molecule has 2 aromatic rings. The second kappa shape index (κ2) is 26.4. The number of benzene rings is 2. The molecule has 358 valence electrons. The van der Waals surface area contributed by atoms with Crippen molar-refractivity contribution in [2.45, 2.75) is 95.0 Å². The molecular formula is C42H52N6O17S. The fourth-order valence-corrected chi connectivity index (χ4v) is 6.74. The lowest BCUT2D eigenvalue weighted by Gasteiger charge is -2.32. The molecule has 0 aromatic heterocycles. The van der Waals surface area contributed by atoms with Crippen LogP contribution in [0.1, 0.15) is 69.9 Å². The number of rotatable bonds is 28. The first-order chi connectivity index (χ1) is 31.0. The Bertz CT molecular complexity index is 2060. The van der Waals surface area contributed by atoms with Gasteiger partial charge in [-0.25, -0.2) is 4.79 Å². The maximum atomic E-state index is 14.8. The minimum absolute atomic E-state index is 0.219. The van der Waals surface area contributed by atoms with Crippen LogP contribution in [-0.2, 0) is 57.5 Å². The zero-order valence-corrected chi connectivity index (χ0v) is 36.7. The van der Waals surface area contributed by atoms with Gasteiger partial charge in [-0.1, -0.05) is 80.9 Å². The quantitative estimate of drug-likeness (QED) is 0.0273. The lowest BCUT2D eigenvalue weighted by molar-refractivity contribution is -0.156. The van der Waals surface area contributed by atoms with Crippen LogP contribution in [0.25, 0.3) is 0 Å². The Morgan fingerprint density at radius 2 is 1.02 bits per heavy atom. The maximum Gasteiger partial charge on any atom is 0.374 e. The van der Waals surface area contributed by atoms with Crippen molar-refractivity contribution in [2.24, 2.45) is 11.8 Å². The number of aliphatic carboxylic acids is 5. The zero-order chi connectivity index (χ0) is 49.8. The molecule has 0 unspecified atom stereocenters. The Labute approximate surface area is 382 Å². The van der Waals surface area contributed by atoms with Crippen LogP contribution in [0.2, 0.25) is 0 Å². The molecule has 0 fully saturated rings. The molecule has 2 rings (SSSR count). The molecule has 66 heavy (non-hydrogen) atoms. The van der Waals surface area contributed by atoms with E-state index in [0.717, 1.165) is 6.92 Å². The number of hydrogen-bond donors (Lipinski definition) is 12. The van der Waals surface area contributed by atoms with Gasteiger partial charge in [0.15, 0.2) is 5.92 Å². The standard InChI is InChI=1S/C42H52N6O17S/c1-4-20(2)32(38(58)46-28(19-66)34(54)42(64)65)47-35(55)25(15-16-29(50)51)44-39(59)33(31(22-11-7-5-8-12-22)23-13-9-6-10-14-23)48-37(57)26(17-24(40(60)61)41(62)63)45-36(56)27(18-30(52)53)43-21(3)49/h5-14,20,24-28,31-33,66H,4,15-19H2,1-3H3,(H,43,49)(H,44,59)(H,45,56)(H,46,58)(H,47,55)(H,48,57)(H,50,51)(H,52,53)(H,60,61)(H,62,63)(H,64,65)/t20-,25-,26+,27-,28-,32-,33-/m0/s1. The number of hydrogen-bond acceptors (Lipinski definition) is 13. The number of carbonyl (C=O) groups excluding carboxylic acids is 7. The molecule has 6 amide bonds. The van der Waals surface area contributed by atoms with E-state index in [1.807, 2.05) is 0 Å². The predicted octanol–water partition coefficient (Wildman–Crippen LogP) is -1.11. The van der Waals surface area contributed by atoms with Gasteiger partial charge in [-0.3, -0.25) is 52.7 Å². The number of carbonyl (C=O) groups is 12. The van der Waals surface area contributed by atoms with Crippen molar-refractivity contribution in [1.82, 2.24) is 31.9 Å². The summed E-state index contributed by atoms with van der Waals surface area (Å²) in [7, 11) is 0. The molecule has 7 atom stereocenters. The maximum absolute atomic E-state index is 14.8. The number of amides is 6. The first-order valence-corrected chi connectivity index (χ1v) is 20.8. The van der Waals surface area contributed by atoms with Gasteiger partial charge >= 0.3 is 29.8 Å². The average Bonchev–Trinajstić information content (AvgIpc) is 3.26. The monoisotopic (exact) mass is 944 g/mol. The molecule has 0 aliphatic rings. The van der Waals surface area contributed by atoms with Crippen molar-refractivity contribution in [3.05, 3.63) is 71.8 Å². The predicted molar refractivity (Wildman–Crippen MR) is 230 cm³/mol. The van der Waals surface area contributed by atoms with E-state index in [1.165, 1.54) is 6.92 Å². The normalized spacial score (nSPS) is 14.1. The van der Waals surface area contributed by atoms with Gasteiger partial charge in [0.25, 0.3) is 5.78 Å². The number of nitrogens with one attached hydrogen (secondary N) is 6. The van der Waals surface area contributed by atoms with Crippen LogP contribution in [-0.4, -0.2) is 139 Å². The summed E-state index contributed by atoms with van der Waals surface area (Å²) in [5.74, 6) is -22.0. The first-order valence-electron chi connectivity index (χ1n) is 20.2. The second-order valence-corrected chi connectivity index (χ2v) is 15.3. The second-order valence-electron chi connectivity index (χ2n) is 14.9. The molecule has 0 heterocycles. The topological polar surface area (TPSA) is 378 Å². The minimum atomic E-state index is -2.38. The lowest BCUT2D eigenvalue weighted by atomic mass is 9.84. The molecule has 0 bridgehead atoms. The molecule has 0 saturated heterocycles. The van der Waals surface area contributed by atoms with Gasteiger partial charge in [0.05, 0.1) is 6.42 Å². The Hall–Kier alpha value is -7.37. The Morgan fingerprint density at radius 1 is 0.561 bits per heavy atom. The van der Waals surface area contributed by atoms with Crippen LogP contribution >= 0.6 is 12.6 Å². The van der Waals surface area contributed by atoms with Gasteiger partial charge in [0.1, 0.15) is 36.3 Å². The summed E-state index contributed by atoms with van der Waals surface area (Å²) in [5.41, 5.74) is 0.668. The number of carboxylic acid groups (broad SMARTS) is 5. The highest BCUT2D eigenvalue weighted by atomic mass is 32.1. The summed E-state index contributed by atoms with van der Waals surface area (Å²) in [6, 6.07) is 4.89. The molecule has 0 radical (unpaired) electrons. The van der Waals surface area contributed by atoms with E-state index in [0.29, 0.717) is 11.1 Å². The largest absolute Gasteiger partial charge is 0.481 e. The molecular weight excluding hydrogens is 893 g/mol. The van der Waals surface area contributed by atoms with Crippen molar-refractivity contribution in [3.63, 3.8) is 0 Å². The van der Waals surface area contributed by atoms with E-state index in [2.05, 4.69) is 44.5 Å². The highest BCUT2D eigenvalue weighted by Crippen LogP contribution is 2.29. The summed E-state index contributed by atoms with van der Waals surface area (Å²) in [4.78, 5) is 153. The SMILES string of the molecule is CC[C@H](C)[C@H](NC(=O)[C@H](CCC(=O)O)NC(=O)[C@@H](NC(=O)[C@@H](CC(C(=O)O)C(=O)O)NC(=O)[C@H](CC(=O)O)NC(C)=O)C(c1ccccc1)c1ccccc1)C(=O)N[C@@H](CS)C(=O)C(=O)O. The molecule has 2 aromatic carbocycles. The van der Waals surface area contributed by atoms with Crippen molar-refractivity contribution in [2.75, 3.05) is 5.75 Å². The summed E-state index contributed by atoms with van der Waals surface area (Å²) in [6.45, 7) is 4.10. The number of Topliss-reactive ketones (excluding diaryl/α,β-unsaturated/α-hetero) is 1. The van der Waals surface area contributed by atoms with Crippen LogP contribution in [0.15, 0.2) is 60.7 Å². The number of carboxylic acids is 5. The van der Waals surface area contributed by atoms with E-state index in [1.54, 1.807) is 67.6 Å². The van der Waals surface area contributed by atoms with Crippen molar-refractivity contribution in [3.8, 4) is 0 Å². The molecule has 0 aliphatic heterocycles. The fourth-order valence-electron chi connectivity index (χ4n) is 6.49. The van der Waals surface area contributed by atoms with E-state index in [9.17, 15) is 83.1 Å². The Kier molecular flexibility index (Phi) is 21.9. The third-order valence-corrected chi connectivity index (χ3v) is 10.5. The van der Waals surface area contributed by atoms with Gasteiger partial charge in [-0.05, 0) is 23.5 Å². The molecule has 0 spiro atoms. The van der Waals surface area contributed by atoms with Gasteiger partial charge in [-0.15, -0.1) is 0 Å². The summed E-state index contributed by atoms with van der Waals surface area (Å²) in [5, 5.41) is 61.3. The zero-order valence-electron chi connectivity index (χ0n) is 35.8. The molecule has 0 saturated carbocycles. The van der Waals surface area contributed by atoms with Crippen molar-refractivity contribution < 1.29 is 83.1 Å². The van der Waals surface area contributed by atoms with Crippen LogP contribution in [0.3, 0.4) is 0 Å². The van der Waals surface area contributed by atoms with E-state index in [-0.39, 0.29) is 6.42 Å². The van der Waals surface area contributed by atoms with Gasteiger partial charge in [-0.2, -0.15) is 12.6 Å². The van der Waals surface area contributed by atoms with Crippen LogP contribution in [0.5, 0.6) is 0 Å². The van der Waals surface area contributed by atoms with E-state index in [4.69, 9.17) is 0 Å². The van der Waals surface area contributed by atoms with Crippen molar-refractivity contribution >= 4 is 83.7 Å². The smallest absolute Gasteiger partial charge is 0.374 e. The number of ketones is 1. The van der Waals surface area contributed by atoms with Crippen LogP contribution in [0, 0.1) is 11.8 Å². The lowest BCUT2D eigenvalue weighted by Crippen LogP contribution is -2.61. The minimum Gasteiger partial charge on any atom is -0.481 e. The third kappa shape index (κ3) is 17.0. The summed E-state index contributed by atoms with van der Waals surface area (Å²) in [6.07, 6.45) is -3.39. The highest BCUT2D eigenvalue weighted by Gasteiger charge is 2.41. The highest BCUT2D eigenvalue weighted by molar-refractivity contribution is 7.80. The molecule has 0 aliphatic carbocycles. The van der Waals surface area contributed by atoms with Crippen LogP contribution in [0.4, 0.5) is 0 Å². The Morgan fingerprint density at radius 3 is 1.45 bits per heavy atom. The summed E-state index contributed by atoms with van der Waals surface area (Å²) < 4.78 is 0. The van der Waals surface area contributed by atoms with Gasteiger partial charge < -0.3 is 57.4 Å². The van der Waals surface area contributed by atoms with Gasteiger partial charge in [0.2, 0.25) is 35.4 Å². The van der Waals surface area contributed by atoms with Crippen LogP contribution < -0.4 is 31.9 Å². The summed E-state index contributed by atoms with van der Waals surface area (Å²) >= 11 is 3.93. The van der Waals surface area contributed by atoms with Gasteiger partial charge in [0, 0.05) is 31.4 Å². The Balaban J connectivity index is 2.80. The van der Waals surface area contributed by atoms with E-state index >= 15 is 0 Å². The van der Waals surface area contributed by atoms with E-state index < -0.39 is 157 Å². The molecule has 24 heteroatoms. The number of thiol groups is 1. The third-order valence-electron chi connectivity index (χ3n) is 10.1. The fraction of sp³-hybridized carbons (Fsp3) is 0.429. The first kappa shape index (κ1) is 54.8. The van der Waals surface area contributed by atoms with Crippen molar-refractivity contribution in [1.29, 1.82) is 0 Å². The molecule has 23 nitrogen and oxygen atoms in total. The molecule has 11 N–H and O–H groups in total. The average molecular weight is 945 g/mol.